The van der Waals surface area contributed by atoms with E-state index >= 15 is 0 Å². The average Bonchev–Trinajstić information content (AvgIpc) is 3.02. The zero-order valence-corrected chi connectivity index (χ0v) is 15.2. The maximum Gasteiger partial charge on any atom is 0.271 e. The van der Waals surface area contributed by atoms with Crippen LogP contribution in [-0.2, 0) is 16.6 Å². The predicted molar refractivity (Wildman–Crippen MR) is 97.6 cm³/mol. The van der Waals surface area contributed by atoms with Gasteiger partial charge in [0.05, 0.1) is 7.11 Å². The van der Waals surface area contributed by atoms with E-state index < -0.39 is 10.0 Å². The van der Waals surface area contributed by atoms with E-state index in [9.17, 15) is 8.42 Å². The Morgan fingerprint density at radius 1 is 0.962 bits per heavy atom. The zero-order valence-electron chi connectivity index (χ0n) is 14.4. The monoisotopic (exact) mass is 373 g/mol. The van der Waals surface area contributed by atoms with Gasteiger partial charge in [-0.05, 0) is 42.3 Å². The molecule has 2 aromatic carbocycles. The molecule has 0 amide bonds. The molecule has 0 aliphatic heterocycles. The molecule has 7 heteroatoms. The van der Waals surface area contributed by atoms with Crippen LogP contribution in [0.15, 0.2) is 64.1 Å². The molecule has 0 saturated heterocycles. The third kappa shape index (κ3) is 4.07. The van der Waals surface area contributed by atoms with Crippen molar-refractivity contribution >= 4 is 10.0 Å². The molecule has 3 rings (SSSR count). The van der Waals surface area contributed by atoms with Crippen molar-refractivity contribution in [3.63, 3.8) is 0 Å². The van der Waals surface area contributed by atoms with Gasteiger partial charge in [-0.1, -0.05) is 24.3 Å². The summed E-state index contributed by atoms with van der Waals surface area (Å²) in [6, 6.07) is 16.8. The van der Waals surface area contributed by atoms with E-state index in [2.05, 4.69) is 0 Å². The standard InChI is InChI=1S/C19H19NO5S/c1-13-16(11-19(25-13)26(20,21)22)12-24-18-9-5-15(6-10-18)14-3-7-17(23-2)8-4-14/h3-11H,12H2,1-2H3,(H2,20,21,22). The predicted octanol–water partition coefficient (Wildman–Crippen LogP) is 3.49. The molecule has 1 aromatic heterocycles. The van der Waals surface area contributed by atoms with Crippen LogP contribution in [0.25, 0.3) is 11.1 Å². The van der Waals surface area contributed by atoms with E-state index in [-0.39, 0.29) is 11.7 Å². The summed E-state index contributed by atoms with van der Waals surface area (Å²) in [5.41, 5.74) is 2.75. The number of methoxy groups -OCH3 is 1. The lowest BCUT2D eigenvalue weighted by molar-refractivity contribution is 0.302. The lowest BCUT2D eigenvalue weighted by atomic mass is 10.1. The van der Waals surface area contributed by atoms with Gasteiger partial charge in [0.25, 0.3) is 10.0 Å². The summed E-state index contributed by atoms with van der Waals surface area (Å²) in [4.78, 5) is 0. The topological polar surface area (TPSA) is 91.8 Å². The second-order valence-electron chi connectivity index (χ2n) is 5.73. The number of nitrogens with two attached hydrogens (primary N) is 1. The molecule has 2 N–H and O–H groups in total. The first-order valence-corrected chi connectivity index (χ1v) is 9.41. The molecule has 0 unspecified atom stereocenters. The summed E-state index contributed by atoms with van der Waals surface area (Å²) in [5.74, 6) is 1.94. The molecule has 0 fully saturated rings. The molecule has 136 valence electrons. The molecule has 0 aliphatic rings. The summed E-state index contributed by atoms with van der Waals surface area (Å²) in [6.45, 7) is 1.85. The maximum atomic E-state index is 11.3. The van der Waals surface area contributed by atoms with Crippen LogP contribution in [0.3, 0.4) is 0 Å². The van der Waals surface area contributed by atoms with Gasteiger partial charge in [0.2, 0.25) is 5.09 Å². The molecule has 0 atom stereocenters. The minimum Gasteiger partial charge on any atom is -0.497 e. The Kier molecular flexibility index (Phi) is 5.01. The summed E-state index contributed by atoms with van der Waals surface area (Å²) >= 11 is 0. The quantitative estimate of drug-likeness (QED) is 0.714. The van der Waals surface area contributed by atoms with E-state index in [1.54, 1.807) is 14.0 Å². The zero-order chi connectivity index (χ0) is 18.7. The fourth-order valence-electron chi connectivity index (χ4n) is 2.46. The lowest BCUT2D eigenvalue weighted by Crippen LogP contribution is -2.10. The van der Waals surface area contributed by atoms with Crippen molar-refractivity contribution in [3.8, 4) is 22.6 Å². The third-order valence-electron chi connectivity index (χ3n) is 3.95. The van der Waals surface area contributed by atoms with Crippen LogP contribution >= 0.6 is 0 Å². The smallest absolute Gasteiger partial charge is 0.271 e. The number of hydrogen-bond donors (Lipinski definition) is 1. The van der Waals surface area contributed by atoms with Gasteiger partial charge in [0, 0.05) is 11.6 Å². The van der Waals surface area contributed by atoms with Gasteiger partial charge < -0.3 is 13.9 Å². The Balaban J connectivity index is 1.69. The fourth-order valence-corrected chi connectivity index (χ4v) is 3.01. The van der Waals surface area contributed by atoms with Gasteiger partial charge in [-0.25, -0.2) is 13.6 Å². The molecular weight excluding hydrogens is 354 g/mol. The van der Waals surface area contributed by atoms with Gasteiger partial charge in [-0.15, -0.1) is 0 Å². The van der Waals surface area contributed by atoms with Crippen LogP contribution in [-0.4, -0.2) is 15.5 Å². The first-order chi connectivity index (χ1) is 12.4. The van der Waals surface area contributed by atoms with Crippen LogP contribution in [0.4, 0.5) is 0 Å². The Morgan fingerprint density at radius 3 is 1.96 bits per heavy atom. The van der Waals surface area contributed by atoms with Crippen molar-refractivity contribution in [1.82, 2.24) is 0 Å². The summed E-state index contributed by atoms with van der Waals surface area (Å²) in [5, 5.41) is 4.81. The molecule has 0 aliphatic carbocycles. The highest BCUT2D eigenvalue weighted by Gasteiger charge is 2.16. The molecule has 1 heterocycles. The highest BCUT2D eigenvalue weighted by atomic mass is 32.2. The summed E-state index contributed by atoms with van der Waals surface area (Å²) in [6.07, 6.45) is 0. The number of hydrogen-bond acceptors (Lipinski definition) is 5. The van der Waals surface area contributed by atoms with E-state index in [1.165, 1.54) is 6.07 Å². The molecule has 3 aromatic rings. The van der Waals surface area contributed by atoms with Crippen LogP contribution in [0, 0.1) is 6.92 Å². The number of furan rings is 1. The van der Waals surface area contributed by atoms with Gasteiger partial charge in [-0.3, -0.25) is 0 Å². The van der Waals surface area contributed by atoms with Crippen LogP contribution < -0.4 is 14.6 Å². The number of benzene rings is 2. The van der Waals surface area contributed by atoms with Gasteiger partial charge in [0.1, 0.15) is 23.9 Å². The highest BCUT2D eigenvalue weighted by Crippen LogP contribution is 2.25. The summed E-state index contributed by atoms with van der Waals surface area (Å²) in [7, 11) is -2.23. The maximum absolute atomic E-state index is 11.3. The van der Waals surface area contributed by atoms with Crippen molar-refractivity contribution in [2.75, 3.05) is 7.11 Å². The number of sulfonamides is 1. The first kappa shape index (κ1) is 18.0. The number of rotatable bonds is 6. The molecule has 6 nitrogen and oxygen atoms in total. The van der Waals surface area contributed by atoms with E-state index in [1.807, 2.05) is 48.5 Å². The minimum absolute atomic E-state index is 0.187. The second kappa shape index (κ2) is 7.23. The third-order valence-corrected chi connectivity index (χ3v) is 4.71. The van der Waals surface area contributed by atoms with E-state index in [0.717, 1.165) is 16.9 Å². The van der Waals surface area contributed by atoms with Crippen molar-refractivity contribution in [2.24, 2.45) is 5.14 Å². The molecule has 0 saturated carbocycles. The normalized spacial score (nSPS) is 11.3. The Bertz CT molecular complexity index is 989. The van der Waals surface area contributed by atoms with Crippen LogP contribution in [0.2, 0.25) is 0 Å². The Morgan fingerprint density at radius 2 is 1.50 bits per heavy atom. The van der Waals surface area contributed by atoms with Gasteiger partial charge >= 0.3 is 0 Å². The SMILES string of the molecule is COc1ccc(-c2ccc(OCc3cc(S(N)(=O)=O)oc3C)cc2)cc1. The molecule has 0 radical (unpaired) electrons. The fraction of sp³-hybridized carbons (Fsp3) is 0.158. The van der Waals surface area contributed by atoms with E-state index in [4.69, 9.17) is 19.0 Å². The highest BCUT2D eigenvalue weighted by molar-refractivity contribution is 7.89. The minimum atomic E-state index is -3.86. The van der Waals surface area contributed by atoms with Crippen LogP contribution in [0.1, 0.15) is 11.3 Å². The number of aryl methyl sites for hydroxylation is 1. The van der Waals surface area contributed by atoms with Gasteiger partial charge in [0.15, 0.2) is 0 Å². The lowest BCUT2D eigenvalue weighted by Gasteiger charge is -2.07. The van der Waals surface area contributed by atoms with Crippen molar-refractivity contribution in [1.29, 1.82) is 0 Å². The number of ether oxygens (including phenoxy) is 2. The van der Waals surface area contributed by atoms with Crippen molar-refractivity contribution in [3.05, 3.63) is 65.9 Å². The summed E-state index contributed by atoms with van der Waals surface area (Å²) < 4.78 is 38.7. The molecule has 26 heavy (non-hydrogen) atoms. The second-order valence-corrected chi connectivity index (χ2v) is 7.23. The molecular formula is C19H19NO5S. The van der Waals surface area contributed by atoms with Crippen molar-refractivity contribution in [2.45, 2.75) is 18.6 Å². The largest absolute Gasteiger partial charge is 0.497 e. The van der Waals surface area contributed by atoms with Crippen LogP contribution in [0.5, 0.6) is 11.5 Å². The molecule has 0 bridgehead atoms. The molecule has 0 spiro atoms. The Labute approximate surface area is 152 Å². The number of primary sulfonamides is 1. The van der Waals surface area contributed by atoms with Crippen molar-refractivity contribution < 1.29 is 22.3 Å². The first-order valence-electron chi connectivity index (χ1n) is 7.86. The Hall–Kier alpha value is -2.77. The average molecular weight is 373 g/mol. The van der Waals surface area contributed by atoms with E-state index in [0.29, 0.717) is 17.1 Å². The van der Waals surface area contributed by atoms with Gasteiger partial charge in [-0.2, -0.15) is 0 Å².